The summed E-state index contributed by atoms with van der Waals surface area (Å²) >= 11 is 5.91. The minimum atomic E-state index is 0.368. The van der Waals surface area contributed by atoms with Gasteiger partial charge in [-0.2, -0.15) is 0 Å². The SMILES string of the molecule is COc1ccc(Cl)cc1-c1cnc(N)[nH]1. The number of nitrogen functional groups attached to an aromatic ring is 1. The number of imidazole rings is 1. The number of nitrogens with two attached hydrogens (primary N) is 1. The van der Waals surface area contributed by atoms with E-state index in [1.807, 2.05) is 0 Å². The molecule has 2 aromatic rings. The van der Waals surface area contributed by atoms with E-state index >= 15 is 0 Å². The molecule has 0 saturated heterocycles. The highest BCUT2D eigenvalue weighted by atomic mass is 35.5. The lowest BCUT2D eigenvalue weighted by Crippen LogP contribution is -1.89. The molecule has 3 N–H and O–H groups in total. The van der Waals surface area contributed by atoms with Crippen LogP contribution in [-0.4, -0.2) is 17.1 Å². The average Bonchev–Trinajstić information content (AvgIpc) is 2.65. The topological polar surface area (TPSA) is 63.9 Å². The van der Waals surface area contributed by atoms with Crippen LogP contribution in [0.5, 0.6) is 5.75 Å². The van der Waals surface area contributed by atoms with Gasteiger partial charge < -0.3 is 15.5 Å². The van der Waals surface area contributed by atoms with Crippen molar-refractivity contribution in [1.82, 2.24) is 9.97 Å². The molecule has 0 aliphatic rings. The summed E-state index contributed by atoms with van der Waals surface area (Å²) in [6, 6.07) is 5.37. The summed E-state index contributed by atoms with van der Waals surface area (Å²) in [7, 11) is 1.60. The molecule has 1 aromatic heterocycles. The largest absolute Gasteiger partial charge is 0.496 e. The number of hydrogen-bond acceptors (Lipinski definition) is 3. The van der Waals surface area contributed by atoms with Crippen molar-refractivity contribution in [1.29, 1.82) is 0 Å². The molecule has 0 amide bonds. The highest BCUT2D eigenvalue weighted by Gasteiger charge is 2.08. The molecule has 5 heteroatoms. The molecule has 15 heavy (non-hydrogen) atoms. The summed E-state index contributed by atoms with van der Waals surface area (Å²) in [4.78, 5) is 6.84. The van der Waals surface area contributed by atoms with Crippen LogP contribution < -0.4 is 10.5 Å². The Bertz CT molecular complexity index is 481. The van der Waals surface area contributed by atoms with Crippen LogP contribution in [0.2, 0.25) is 5.02 Å². The fourth-order valence-corrected chi connectivity index (χ4v) is 1.54. The van der Waals surface area contributed by atoms with Crippen LogP contribution in [0.1, 0.15) is 0 Å². The van der Waals surface area contributed by atoms with Crippen LogP contribution in [0, 0.1) is 0 Å². The predicted molar refractivity (Wildman–Crippen MR) is 60.0 cm³/mol. The maximum atomic E-state index is 5.91. The summed E-state index contributed by atoms with van der Waals surface area (Å²) in [5.41, 5.74) is 7.13. The predicted octanol–water partition coefficient (Wildman–Crippen LogP) is 2.32. The molecular weight excluding hydrogens is 214 g/mol. The van der Waals surface area contributed by atoms with E-state index < -0.39 is 0 Å². The quantitative estimate of drug-likeness (QED) is 0.821. The van der Waals surface area contributed by atoms with Crippen molar-refractivity contribution in [2.45, 2.75) is 0 Å². The summed E-state index contributed by atoms with van der Waals surface area (Å²) in [6.45, 7) is 0. The van der Waals surface area contributed by atoms with Crippen molar-refractivity contribution in [3.63, 3.8) is 0 Å². The van der Waals surface area contributed by atoms with Gasteiger partial charge in [-0.25, -0.2) is 4.98 Å². The van der Waals surface area contributed by atoms with Crippen molar-refractivity contribution in [3.8, 4) is 17.0 Å². The molecule has 2 rings (SSSR count). The second-order valence-corrected chi connectivity index (χ2v) is 3.46. The van der Waals surface area contributed by atoms with Crippen LogP contribution in [-0.2, 0) is 0 Å². The maximum absolute atomic E-state index is 5.91. The van der Waals surface area contributed by atoms with Crippen LogP contribution in [0.25, 0.3) is 11.3 Å². The molecule has 0 spiro atoms. The monoisotopic (exact) mass is 223 g/mol. The normalized spacial score (nSPS) is 10.3. The molecule has 1 aromatic carbocycles. The number of aromatic nitrogens is 2. The number of nitrogens with one attached hydrogen (secondary N) is 1. The maximum Gasteiger partial charge on any atom is 0.197 e. The molecule has 0 saturated carbocycles. The summed E-state index contributed by atoms with van der Waals surface area (Å²) in [6.07, 6.45) is 1.64. The molecule has 4 nitrogen and oxygen atoms in total. The molecule has 0 fully saturated rings. The van der Waals surface area contributed by atoms with Crippen molar-refractivity contribution in [2.24, 2.45) is 0 Å². The van der Waals surface area contributed by atoms with Crippen molar-refractivity contribution in [2.75, 3.05) is 12.8 Å². The minimum Gasteiger partial charge on any atom is -0.496 e. The number of hydrogen-bond donors (Lipinski definition) is 2. The first-order valence-corrected chi connectivity index (χ1v) is 4.73. The Morgan fingerprint density at radius 2 is 2.27 bits per heavy atom. The Hall–Kier alpha value is -1.68. The number of nitrogens with zero attached hydrogens (tertiary/aromatic N) is 1. The molecule has 0 atom stereocenters. The number of anilines is 1. The molecular formula is C10H10ClN3O. The Kier molecular flexibility index (Phi) is 2.51. The second kappa shape index (κ2) is 3.82. The lowest BCUT2D eigenvalue weighted by atomic mass is 10.1. The van der Waals surface area contributed by atoms with E-state index in [9.17, 15) is 0 Å². The molecule has 0 bridgehead atoms. The van der Waals surface area contributed by atoms with Crippen molar-refractivity contribution in [3.05, 3.63) is 29.4 Å². The fourth-order valence-electron chi connectivity index (χ4n) is 1.36. The Labute approximate surface area is 92.0 Å². The van der Waals surface area contributed by atoms with Crippen LogP contribution in [0.4, 0.5) is 5.95 Å². The molecule has 0 aliphatic heterocycles. The van der Waals surface area contributed by atoms with Gasteiger partial charge in [0.05, 0.1) is 19.0 Å². The standard InChI is InChI=1S/C10H10ClN3O/c1-15-9-3-2-6(11)4-7(9)8-5-13-10(12)14-8/h2-5H,1H3,(H3,12,13,14). The van der Waals surface area contributed by atoms with Gasteiger partial charge in [0.25, 0.3) is 0 Å². The van der Waals surface area contributed by atoms with Crippen LogP contribution in [0.3, 0.4) is 0 Å². The Morgan fingerprint density at radius 1 is 1.47 bits per heavy atom. The molecule has 0 unspecified atom stereocenters. The first-order chi connectivity index (χ1) is 7.20. The van der Waals surface area contributed by atoms with Crippen LogP contribution >= 0.6 is 11.6 Å². The van der Waals surface area contributed by atoms with Gasteiger partial charge in [0.1, 0.15) is 5.75 Å². The van der Waals surface area contributed by atoms with E-state index in [-0.39, 0.29) is 0 Å². The highest BCUT2D eigenvalue weighted by molar-refractivity contribution is 6.30. The average molecular weight is 224 g/mol. The third kappa shape index (κ3) is 1.89. The minimum absolute atomic E-state index is 0.368. The van der Waals surface area contributed by atoms with Gasteiger partial charge >= 0.3 is 0 Å². The van der Waals surface area contributed by atoms with Gasteiger partial charge in [-0.3, -0.25) is 0 Å². The number of aromatic amines is 1. The van der Waals surface area contributed by atoms with Gasteiger partial charge in [0, 0.05) is 10.6 Å². The number of H-pyrrole nitrogens is 1. The lowest BCUT2D eigenvalue weighted by molar-refractivity contribution is 0.416. The first kappa shape index (κ1) is 9.86. The van der Waals surface area contributed by atoms with Gasteiger partial charge in [-0.05, 0) is 18.2 Å². The zero-order valence-corrected chi connectivity index (χ0v) is 8.88. The Balaban J connectivity index is 2.55. The van der Waals surface area contributed by atoms with Crippen LogP contribution in [0.15, 0.2) is 24.4 Å². The third-order valence-electron chi connectivity index (χ3n) is 2.05. The van der Waals surface area contributed by atoms with Gasteiger partial charge in [-0.15, -0.1) is 0 Å². The van der Waals surface area contributed by atoms with Gasteiger partial charge in [-0.1, -0.05) is 11.6 Å². The fraction of sp³-hybridized carbons (Fsp3) is 0.100. The van der Waals surface area contributed by atoms with Crippen molar-refractivity contribution >= 4 is 17.5 Å². The zero-order valence-electron chi connectivity index (χ0n) is 8.12. The van der Waals surface area contributed by atoms with Gasteiger partial charge in [0.15, 0.2) is 5.95 Å². The highest BCUT2D eigenvalue weighted by Crippen LogP contribution is 2.31. The van der Waals surface area contributed by atoms with E-state index in [4.69, 9.17) is 22.1 Å². The summed E-state index contributed by atoms with van der Waals surface area (Å²) < 4.78 is 5.22. The Morgan fingerprint density at radius 3 is 2.87 bits per heavy atom. The molecule has 0 radical (unpaired) electrons. The molecule has 78 valence electrons. The van der Waals surface area contributed by atoms with E-state index in [2.05, 4.69) is 9.97 Å². The van der Waals surface area contributed by atoms with E-state index in [1.54, 1.807) is 31.5 Å². The number of ether oxygens (including phenoxy) is 1. The summed E-state index contributed by atoms with van der Waals surface area (Å²) in [5.74, 6) is 1.09. The summed E-state index contributed by atoms with van der Waals surface area (Å²) in [5, 5.41) is 0.638. The molecule has 0 aliphatic carbocycles. The first-order valence-electron chi connectivity index (χ1n) is 4.35. The van der Waals surface area contributed by atoms with E-state index in [0.717, 1.165) is 17.0 Å². The smallest absolute Gasteiger partial charge is 0.197 e. The molecule has 1 heterocycles. The number of benzene rings is 1. The second-order valence-electron chi connectivity index (χ2n) is 3.03. The zero-order chi connectivity index (χ0) is 10.8. The van der Waals surface area contributed by atoms with Crippen molar-refractivity contribution < 1.29 is 4.74 Å². The number of rotatable bonds is 2. The lowest BCUT2D eigenvalue weighted by Gasteiger charge is -2.06. The number of halogens is 1. The van der Waals surface area contributed by atoms with E-state index in [1.165, 1.54) is 0 Å². The number of methoxy groups -OCH3 is 1. The van der Waals surface area contributed by atoms with Gasteiger partial charge in [0.2, 0.25) is 0 Å². The van der Waals surface area contributed by atoms with E-state index in [0.29, 0.717) is 11.0 Å². The third-order valence-corrected chi connectivity index (χ3v) is 2.28.